The van der Waals surface area contributed by atoms with Crippen molar-refractivity contribution in [3.05, 3.63) is 169 Å². The van der Waals surface area contributed by atoms with Gasteiger partial charge in [-0.1, -0.05) is 105 Å². The topological polar surface area (TPSA) is 53.7 Å². The number of fused-ring (bicyclic) bond motifs is 10. The van der Waals surface area contributed by atoms with Crippen LogP contribution in [0.4, 0.5) is 0 Å². The van der Waals surface area contributed by atoms with Crippen LogP contribution in [0.15, 0.2) is 152 Å². The molecule has 11 rings (SSSR count). The summed E-state index contributed by atoms with van der Waals surface area (Å²) in [4.78, 5) is 10.2. The standard InChI is InChI=1S/C48H34N6O.Pt/c1-48(2,3)33-25-23-31(24-26-33)32-27-35(52-43-20-9-11-22-45(43)54-41-18-7-5-16-39(41)50-47(52)54)30-37(28-32)55-36-14-12-13-34(29-36)51-42-19-8-10-21-44(42)53-40-17-6-4-15-38(40)49-46(51)53;/h4-28H,1-3H3;/q-2;+2. The van der Waals surface area contributed by atoms with Gasteiger partial charge in [-0.25, -0.2) is 9.97 Å². The molecule has 0 unspecified atom stereocenters. The van der Waals surface area contributed by atoms with E-state index in [2.05, 4.69) is 172 Å². The summed E-state index contributed by atoms with van der Waals surface area (Å²) in [5, 5.41) is 0. The van der Waals surface area contributed by atoms with Crippen molar-refractivity contribution in [1.29, 1.82) is 0 Å². The van der Waals surface area contributed by atoms with E-state index < -0.39 is 0 Å². The molecule has 4 heterocycles. The van der Waals surface area contributed by atoms with Crippen molar-refractivity contribution in [2.75, 3.05) is 0 Å². The summed E-state index contributed by atoms with van der Waals surface area (Å²) in [6.45, 7) is 6.71. The van der Waals surface area contributed by atoms with Crippen LogP contribution in [0, 0.1) is 12.1 Å². The van der Waals surface area contributed by atoms with Crippen molar-refractivity contribution in [3.63, 3.8) is 0 Å². The van der Waals surface area contributed by atoms with Crippen LogP contribution < -0.4 is 4.74 Å². The van der Waals surface area contributed by atoms with Gasteiger partial charge in [0.15, 0.2) is 0 Å². The maximum Gasteiger partial charge on any atom is 2.00 e. The molecule has 8 heteroatoms. The molecule has 0 aliphatic rings. The Bertz CT molecular complexity index is 3290. The number of hydrogen-bond donors (Lipinski definition) is 0. The Morgan fingerprint density at radius 1 is 0.464 bits per heavy atom. The monoisotopic (exact) mass is 905 g/mol. The summed E-state index contributed by atoms with van der Waals surface area (Å²) in [5.41, 5.74) is 13.3. The van der Waals surface area contributed by atoms with E-state index in [0.717, 1.165) is 78.2 Å². The van der Waals surface area contributed by atoms with Gasteiger partial charge in [0.2, 0.25) is 11.6 Å². The van der Waals surface area contributed by atoms with Crippen LogP contribution in [0.25, 0.3) is 78.2 Å². The van der Waals surface area contributed by atoms with Crippen LogP contribution >= 0.6 is 0 Å². The molecule has 0 atom stereocenters. The van der Waals surface area contributed by atoms with Gasteiger partial charge in [0.05, 0.1) is 44.1 Å². The third kappa shape index (κ3) is 5.30. The molecule has 0 saturated carbocycles. The molecule has 0 aliphatic carbocycles. The molecule has 272 valence electrons. The van der Waals surface area contributed by atoms with Crippen molar-refractivity contribution in [2.45, 2.75) is 26.2 Å². The van der Waals surface area contributed by atoms with E-state index in [9.17, 15) is 0 Å². The molecule has 0 bridgehead atoms. The molecule has 0 fully saturated rings. The molecule has 7 aromatic carbocycles. The van der Waals surface area contributed by atoms with Gasteiger partial charge in [-0.05, 0) is 65.1 Å². The second kappa shape index (κ2) is 12.8. The molecule has 0 spiro atoms. The molecule has 0 saturated heterocycles. The fraction of sp³-hybridized carbons (Fsp3) is 0.0833. The molecule has 0 radical (unpaired) electrons. The van der Waals surface area contributed by atoms with Gasteiger partial charge in [-0.3, -0.25) is 8.80 Å². The number of para-hydroxylation sites is 8. The summed E-state index contributed by atoms with van der Waals surface area (Å²) >= 11 is 0. The average molecular weight is 906 g/mol. The molecular formula is C48H34N6OPt. The normalized spacial score (nSPS) is 12.1. The van der Waals surface area contributed by atoms with Crippen molar-refractivity contribution < 1.29 is 25.8 Å². The van der Waals surface area contributed by atoms with Crippen LogP contribution in [-0.4, -0.2) is 27.9 Å². The molecule has 0 N–H and O–H groups in total. The first-order valence-electron chi connectivity index (χ1n) is 18.5. The van der Waals surface area contributed by atoms with Gasteiger partial charge >= 0.3 is 21.1 Å². The van der Waals surface area contributed by atoms with Gasteiger partial charge in [-0.2, -0.15) is 6.07 Å². The van der Waals surface area contributed by atoms with Gasteiger partial charge in [0.1, 0.15) is 0 Å². The van der Waals surface area contributed by atoms with Crippen molar-refractivity contribution in [1.82, 2.24) is 27.9 Å². The Morgan fingerprint density at radius 3 is 1.54 bits per heavy atom. The van der Waals surface area contributed by atoms with E-state index in [4.69, 9.17) is 14.7 Å². The summed E-state index contributed by atoms with van der Waals surface area (Å²) in [5.74, 6) is 2.78. The number of aromatic nitrogens is 6. The smallest absolute Gasteiger partial charge is 0.509 e. The average Bonchev–Trinajstić information content (AvgIpc) is 3.94. The predicted octanol–water partition coefficient (Wildman–Crippen LogP) is 11.5. The molecule has 0 amide bonds. The minimum Gasteiger partial charge on any atom is -0.509 e. The molecule has 11 aromatic rings. The van der Waals surface area contributed by atoms with Gasteiger partial charge in [0.25, 0.3) is 0 Å². The number of nitrogens with zero attached hydrogens (tertiary/aromatic N) is 6. The number of ether oxygens (including phenoxy) is 1. The van der Waals surface area contributed by atoms with E-state index in [-0.39, 0.29) is 26.5 Å². The van der Waals surface area contributed by atoms with E-state index >= 15 is 0 Å². The summed E-state index contributed by atoms with van der Waals surface area (Å²) in [6.07, 6.45) is 0. The van der Waals surface area contributed by atoms with Gasteiger partial charge in [0, 0.05) is 11.5 Å². The number of rotatable bonds is 5. The van der Waals surface area contributed by atoms with Crippen LogP contribution in [0.5, 0.6) is 11.5 Å². The first-order chi connectivity index (χ1) is 26.9. The predicted molar refractivity (Wildman–Crippen MR) is 221 cm³/mol. The SMILES string of the molecule is CC(C)(C)c1ccc(-c2cc(Oc3[c-]c(-n4c5ccccc5n5c6ccccc6nc45)ccc3)[c-]c(-n3c4ccccc4n4c5ccccc5nc34)c2)cc1.[Pt+2]. The minimum absolute atomic E-state index is 0. The van der Waals surface area contributed by atoms with Crippen molar-refractivity contribution >= 4 is 55.7 Å². The van der Waals surface area contributed by atoms with Crippen LogP contribution in [-0.2, 0) is 26.5 Å². The first kappa shape index (κ1) is 34.1. The third-order valence-corrected chi connectivity index (χ3v) is 10.6. The second-order valence-electron chi connectivity index (χ2n) is 15.1. The minimum atomic E-state index is 0. The zero-order chi connectivity index (χ0) is 36.8. The molecule has 4 aromatic heterocycles. The molecule has 0 aliphatic heterocycles. The van der Waals surface area contributed by atoms with Crippen LogP contribution in [0.2, 0.25) is 0 Å². The van der Waals surface area contributed by atoms with Gasteiger partial charge in [-0.15, -0.1) is 42.0 Å². The van der Waals surface area contributed by atoms with Crippen molar-refractivity contribution in [3.8, 4) is 34.0 Å². The zero-order valence-corrected chi connectivity index (χ0v) is 33.1. The third-order valence-electron chi connectivity index (χ3n) is 10.6. The summed E-state index contributed by atoms with van der Waals surface area (Å²) < 4.78 is 15.5. The first-order valence-corrected chi connectivity index (χ1v) is 18.5. The summed E-state index contributed by atoms with van der Waals surface area (Å²) in [7, 11) is 0. The largest absolute Gasteiger partial charge is 2.00 e. The quantitative estimate of drug-likeness (QED) is 0.162. The summed E-state index contributed by atoms with van der Waals surface area (Å²) in [6, 6.07) is 59.6. The Kier molecular flexibility index (Phi) is 7.81. The second-order valence-corrected chi connectivity index (χ2v) is 15.1. The van der Waals surface area contributed by atoms with E-state index in [1.165, 1.54) is 5.56 Å². The fourth-order valence-corrected chi connectivity index (χ4v) is 7.95. The Balaban J connectivity index is 0.00000384. The van der Waals surface area contributed by atoms with Crippen molar-refractivity contribution in [2.24, 2.45) is 0 Å². The van der Waals surface area contributed by atoms with Crippen LogP contribution in [0.1, 0.15) is 26.3 Å². The van der Waals surface area contributed by atoms with Crippen LogP contribution in [0.3, 0.4) is 0 Å². The fourth-order valence-electron chi connectivity index (χ4n) is 7.95. The maximum atomic E-state index is 6.77. The maximum absolute atomic E-state index is 6.77. The Labute approximate surface area is 337 Å². The number of imidazole rings is 4. The van der Waals surface area contributed by atoms with E-state index in [0.29, 0.717) is 11.5 Å². The Hall–Kier alpha value is -6.43. The molecule has 56 heavy (non-hydrogen) atoms. The molecule has 7 nitrogen and oxygen atoms in total. The number of hydrogen-bond acceptors (Lipinski definition) is 3. The molecular weight excluding hydrogens is 872 g/mol. The van der Waals surface area contributed by atoms with Gasteiger partial charge < -0.3 is 13.9 Å². The Morgan fingerprint density at radius 2 is 0.964 bits per heavy atom. The zero-order valence-electron chi connectivity index (χ0n) is 30.8. The van der Waals surface area contributed by atoms with E-state index in [1.54, 1.807) is 0 Å². The number of benzene rings is 7. The van der Waals surface area contributed by atoms with E-state index in [1.807, 2.05) is 30.3 Å².